The molecule has 0 radical (unpaired) electrons. The Morgan fingerprint density at radius 3 is 2.30 bits per heavy atom. The van der Waals surface area contributed by atoms with Gasteiger partial charge < -0.3 is 5.32 Å². The molecule has 0 amide bonds. The van der Waals surface area contributed by atoms with E-state index in [1.165, 1.54) is 6.07 Å². The number of hydrogen-bond donors (Lipinski definition) is 1. The van der Waals surface area contributed by atoms with Crippen LogP contribution >= 0.6 is 27.5 Å². The number of rotatable bonds is 8. The predicted octanol–water partition coefficient (Wildman–Crippen LogP) is 6.11. The molecule has 0 spiro atoms. The quantitative estimate of drug-likeness (QED) is 0.549. The normalized spacial score (nSPS) is 12.9. The third kappa shape index (κ3) is 4.71. The smallest absolute Gasteiger partial charge is 0.129 e. The molecule has 1 atom stereocenters. The molecule has 0 saturated carbocycles. The first-order valence-corrected chi connectivity index (χ1v) is 8.59. The van der Waals surface area contributed by atoms with Gasteiger partial charge in [-0.3, -0.25) is 0 Å². The van der Waals surface area contributed by atoms with E-state index >= 15 is 0 Å². The molecular formula is C16H24BrClFN. The molecule has 0 fully saturated rings. The molecule has 0 aliphatic heterocycles. The summed E-state index contributed by atoms with van der Waals surface area (Å²) in [5.74, 6) is 0.251. The van der Waals surface area contributed by atoms with Crippen molar-refractivity contribution in [2.75, 3.05) is 6.54 Å². The van der Waals surface area contributed by atoms with Crippen molar-refractivity contribution in [3.63, 3.8) is 0 Å². The van der Waals surface area contributed by atoms with Crippen LogP contribution in [0, 0.1) is 11.7 Å². The fraction of sp³-hybridized carbons (Fsp3) is 0.625. The highest BCUT2D eigenvalue weighted by Crippen LogP contribution is 2.35. The zero-order valence-electron chi connectivity index (χ0n) is 12.5. The topological polar surface area (TPSA) is 12.0 Å². The van der Waals surface area contributed by atoms with E-state index in [2.05, 4.69) is 42.0 Å². The third-order valence-corrected chi connectivity index (χ3v) is 4.79. The van der Waals surface area contributed by atoms with Crippen molar-refractivity contribution in [3.8, 4) is 0 Å². The van der Waals surface area contributed by atoms with Gasteiger partial charge in [-0.25, -0.2) is 4.39 Å². The highest BCUT2D eigenvalue weighted by molar-refractivity contribution is 9.10. The first-order chi connectivity index (χ1) is 9.54. The Balaban J connectivity index is 3.13. The van der Waals surface area contributed by atoms with Crippen LogP contribution in [0.25, 0.3) is 0 Å². The summed E-state index contributed by atoms with van der Waals surface area (Å²) in [5, 5.41) is 4.01. The number of halogens is 3. The molecule has 0 heterocycles. The molecule has 0 aliphatic rings. The lowest BCUT2D eigenvalue weighted by Crippen LogP contribution is -2.29. The molecule has 1 aromatic rings. The van der Waals surface area contributed by atoms with Crippen LogP contribution in [0.2, 0.25) is 5.02 Å². The Hall–Kier alpha value is -0.120. The maximum atomic E-state index is 14.3. The minimum atomic E-state index is -0.190. The van der Waals surface area contributed by atoms with Crippen molar-refractivity contribution in [1.29, 1.82) is 0 Å². The maximum Gasteiger partial charge on any atom is 0.129 e. The summed E-state index contributed by atoms with van der Waals surface area (Å²) in [6.45, 7) is 7.23. The van der Waals surface area contributed by atoms with Crippen molar-refractivity contribution in [2.24, 2.45) is 5.92 Å². The molecule has 1 unspecified atom stereocenters. The molecule has 1 nitrogen and oxygen atoms in total. The molecule has 4 heteroatoms. The molecule has 1 rings (SSSR count). The van der Waals surface area contributed by atoms with Crippen LogP contribution in [-0.4, -0.2) is 6.54 Å². The van der Waals surface area contributed by atoms with Gasteiger partial charge in [-0.15, -0.1) is 0 Å². The predicted molar refractivity (Wildman–Crippen MR) is 88.8 cm³/mol. The Bertz CT molecular complexity index is 419. The van der Waals surface area contributed by atoms with E-state index in [0.29, 0.717) is 21.0 Å². The summed E-state index contributed by atoms with van der Waals surface area (Å²) in [7, 11) is 0. The van der Waals surface area contributed by atoms with Crippen molar-refractivity contribution in [3.05, 3.63) is 33.0 Å². The number of hydrogen-bond acceptors (Lipinski definition) is 1. The molecule has 1 aromatic carbocycles. The van der Waals surface area contributed by atoms with Crippen molar-refractivity contribution < 1.29 is 4.39 Å². The maximum absolute atomic E-state index is 14.3. The Morgan fingerprint density at radius 1 is 1.20 bits per heavy atom. The Kier molecular flexibility index (Phi) is 8.08. The van der Waals surface area contributed by atoms with Crippen LogP contribution in [0.4, 0.5) is 4.39 Å². The standard InChI is InChI=1S/C16H24BrClFN/c1-4-7-11(8-5-2)16(20-6-3)12-9-14(18)13(17)10-15(12)19/h9-11,16,20H,4-8H2,1-3H3. The van der Waals surface area contributed by atoms with Crippen LogP contribution in [-0.2, 0) is 0 Å². The van der Waals surface area contributed by atoms with Gasteiger partial charge in [0.1, 0.15) is 5.82 Å². The lowest BCUT2D eigenvalue weighted by molar-refractivity contribution is 0.313. The molecule has 20 heavy (non-hydrogen) atoms. The Morgan fingerprint density at radius 2 is 1.80 bits per heavy atom. The largest absolute Gasteiger partial charge is 0.310 e. The molecule has 0 bridgehead atoms. The zero-order chi connectivity index (χ0) is 15.1. The molecule has 0 aliphatic carbocycles. The second kappa shape index (κ2) is 9.01. The third-order valence-electron chi connectivity index (χ3n) is 3.59. The fourth-order valence-electron chi connectivity index (χ4n) is 2.75. The summed E-state index contributed by atoms with van der Waals surface area (Å²) in [5.41, 5.74) is 0.687. The van der Waals surface area contributed by atoms with E-state index in [9.17, 15) is 4.39 Å². The first kappa shape index (κ1) is 17.9. The van der Waals surface area contributed by atoms with Crippen molar-refractivity contribution in [1.82, 2.24) is 5.32 Å². The van der Waals surface area contributed by atoms with E-state index < -0.39 is 0 Å². The summed E-state index contributed by atoms with van der Waals surface area (Å²) in [6, 6.07) is 3.26. The first-order valence-electron chi connectivity index (χ1n) is 7.42. The number of nitrogens with one attached hydrogen (secondary N) is 1. The highest BCUT2D eigenvalue weighted by atomic mass is 79.9. The molecular weight excluding hydrogens is 341 g/mol. The van der Waals surface area contributed by atoms with E-state index in [1.807, 2.05) is 0 Å². The van der Waals surface area contributed by atoms with Crippen LogP contribution in [0.3, 0.4) is 0 Å². The lowest BCUT2D eigenvalue weighted by Gasteiger charge is -2.28. The van der Waals surface area contributed by atoms with Gasteiger partial charge in [-0.1, -0.05) is 45.2 Å². The van der Waals surface area contributed by atoms with Crippen molar-refractivity contribution in [2.45, 2.75) is 52.5 Å². The van der Waals surface area contributed by atoms with Gasteiger partial charge in [-0.2, -0.15) is 0 Å². The fourth-order valence-corrected chi connectivity index (χ4v) is 3.23. The van der Waals surface area contributed by atoms with Gasteiger partial charge in [0.2, 0.25) is 0 Å². The monoisotopic (exact) mass is 363 g/mol. The van der Waals surface area contributed by atoms with Crippen LogP contribution in [0.5, 0.6) is 0 Å². The van der Waals surface area contributed by atoms with Crippen LogP contribution < -0.4 is 5.32 Å². The van der Waals surface area contributed by atoms with Gasteiger partial charge in [0.25, 0.3) is 0 Å². The molecule has 0 saturated heterocycles. The van der Waals surface area contributed by atoms with Gasteiger partial charge in [0.15, 0.2) is 0 Å². The average molecular weight is 365 g/mol. The van der Waals surface area contributed by atoms with E-state index in [4.69, 9.17) is 11.6 Å². The minimum absolute atomic E-state index is 0.0329. The molecule has 1 N–H and O–H groups in total. The lowest BCUT2D eigenvalue weighted by atomic mass is 9.86. The second-order valence-electron chi connectivity index (χ2n) is 5.16. The summed E-state index contributed by atoms with van der Waals surface area (Å²) in [4.78, 5) is 0. The number of benzene rings is 1. The van der Waals surface area contributed by atoms with Crippen LogP contribution in [0.1, 0.15) is 58.1 Å². The van der Waals surface area contributed by atoms with Crippen LogP contribution in [0.15, 0.2) is 16.6 Å². The highest BCUT2D eigenvalue weighted by Gasteiger charge is 2.24. The second-order valence-corrected chi connectivity index (χ2v) is 6.42. The van der Waals surface area contributed by atoms with E-state index in [1.54, 1.807) is 6.07 Å². The molecule has 0 aromatic heterocycles. The molecule has 114 valence electrons. The Labute approximate surface area is 135 Å². The van der Waals surface area contributed by atoms with Gasteiger partial charge in [0.05, 0.1) is 5.02 Å². The van der Waals surface area contributed by atoms with Gasteiger partial charge in [-0.05, 0) is 53.4 Å². The SMILES string of the molecule is CCCC(CCC)C(NCC)c1cc(Cl)c(Br)cc1F. The van der Waals surface area contributed by atoms with Crippen molar-refractivity contribution >= 4 is 27.5 Å². The van der Waals surface area contributed by atoms with Gasteiger partial charge in [0, 0.05) is 16.1 Å². The van der Waals surface area contributed by atoms with E-state index in [0.717, 1.165) is 32.2 Å². The summed E-state index contributed by atoms with van der Waals surface area (Å²) >= 11 is 9.42. The summed E-state index contributed by atoms with van der Waals surface area (Å²) in [6.07, 6.45) is 4.41. The van der Waals surface area contributed by atoms with Gasteiger partial charge >= 0.3 is 0 Å². The van der Waals surface area contributed by atoms with E-state index in [-0.39, 0.29) is 11.9 Å². The zero-order valence-corrected chi connectivity index (χ0v) is 14.8. The minimum Gasteiger partial charge on any atom is -0.310 e. The average Bonchev–Trinajstić information content (AvgIpc) is 2.40. The summed E-state index contributed by atoms with van der Waals surface area (Å²) < 4.78 is 14.9.